The second kappa shape index (κ2) is 6.17. The molecule has 5 heteroatoms. The standard InChI is InChI=1S/C20H16N2OS2/c1-13-16(15-10-6-7-11-17(15)21(13)2)12-18-19(23)22(20(24)25-18)14-8-4-3-5-9-14/h3-12H,1-2H3/b18-12+. The highest BCUT2D eigenvalue weighted by Crippen LogP contribution is 2.37. The molecule has 0 spiro atoms. The molecule has 1 amide bonds. The number of carbonyl (C=O) groups excluding carboxylic acids is 1. The SMILES string of the molecule is Cc1c(/C=C2/SC(=S)N(c3ccccc3)C2=O)c2ccccc2n1C. The molecular formula is C20H16N2OS2. The van der Waals surface area contributed by atoms with E-state index in [4.69, 9.17) is 12.2 Å². The van der Waals surface area contributed by atoms with Gasteiger partial charge in [0.05, 0.1) is 10.6 Å². The highest BCUT2D eigenvalue weighted by atomic mass is 32.2. The number of aromatic nitrogens is 1. The fourth-order valence-corrected chi connectivity index (χ4v) is 4.41. The van der Waals surface area contributed by atoms with Crippen molar-refractivity contribution in [2.45, 2.75) is 6.92 Å². The lowest BCUT2D eigenvalue weighted by atomic mass is 10.1. The summed E-state index contributed by atoms with van der Waals surface area (Å²) in [6.45, 7) is 2.07. The molecule has 1 aromatic heterocycles. The largest absolute Gasteiger partial charge is 0.347 e. The minimum Gasteiger partial charge on any atom is -0.347 e. The van der Waals surface area contributed by atoms with Crippen molar-refractivity contribution in [2.24, 2.45) is 7.05 Å². The molecule has 0 atom stereocenters. The van der Waals surface area contributed by atoms with E-state index in [1.165, 1.54) is 11.8 Å². The van der Waals surface area contributed by atoms with Crippen LogP contribution in [0.25, 0.3) is 17.0 Å². The number of amides is 1. The van der Waals surface area contributed by atoms with Crippen molar-refractivity contribution in [3.05, 3.63) is 70.8 Å². The van der Waals surface area contributed by atoms with Gasteiger partial charge in [0, 0.05) is 29.2 Å². The number of para-hydroxylation sites is 2. The van der Waals surface area contributed by atoms with E-state index in [1.807, 2.05) is 55.6 Å². The summed E-state index contributed by atoms with van der Waals surface area (Å²) in [4.78, 5) is 15.2. The quantitative estimate of drug-likeness (QED) is 0.478. The number of fused-ring (bicyclic) bond motifs is 1. The summed E-state index contributed by atoms with van der Waals surface area (Å²) in [5.74, 6) is -0.0615. The van der Waals surface area contributed by atoms with Gasteiger partial charge in [-0.3, -0.25) is 9.69 Å². The summed E-state index contributed by atoms with van der Waals surface area (Å²) >= 11 is 6.81. The third-order valence-electron chi connectivity index (χ3n) is 4.53. The summed E-state index contributed by atoms with van der Waals surface area (Å²) < 4.78 is 2.72. The van der Waals surface area contributed by atoms with Gasteiger partial charge >= 0.3 is 0 Å². The van der Waals surface area contributed by atoms with E-state index in [2.05, 4.69) is 23.6 Å². The number of thiocarbonyl (C=S) groups is 1. The minimum atomic E-state index is -0.0615. The molecule has 3 nitrogen and oxygen atoms in total. The first-order chi connectivity index (χ1) is 12.1. The molecule has 3 aromatic rings. The van der Waals surface area contributed by atoms with Gasteiger partial charge in [-0.15, -0.1) is 0 Å². The Kier molecular flexibility index (Phi) is 3.98. The molecule has 0 radical (unpaired) electrons. The summed E-state index contributed by atoms with van der Waals surface area (Å²) in [5, 5.41) is 1.15. The number of anilines is 1. The molecule has 2 heterocycles. The maximum Gasteiger partial charge on any atom is 0.270 e. The molecule has 2 aromatic carbocycles. The zero-order valence-corrected chi connectivity index (χ0v) is 15.5. The second-order valence-electron chi connectivity index (χ2n) is 5.93. The molecule has 1 aliphatic rings. The average molecular weight is 364 g/mol. The first-order valence-corrected chi connectivity index (χ1v) is 9.17. The molecule has 0 saturated carbocycles. The monoisotopic (exact) mass is 364 g/mol. The van der Waals surface area contributed by atoms with E-state index in [-0.39, 0.29) is 5.91 Å². The van der Waals surface area contributed by atoms with E-state index in [9.17, 15) is 4.79 Å². The van der Waals surface area contributed by atoms with Crippen LogP contribution in [0.15, 0.2) is 59.5 Å². The van der Waals surface area contributed by atoms with Crippen LogP contribution in [0.5, 0.6) is 0 Å². The average Bonchev–Trinajstić information content (AvgIpc) is 3.04. The van der Waals surface area contributed by atoms with Crippen LogP contribution in [0, 0.1) is 6.92 Å². The summed E-state index contributed by atoms with van der Waals surface area (Å²) in [6, 6.07) is 17.8. The lowest BCUT2D eigenvalue weighted by Crippen LogP contribution is -2.27. The van der Waals surface area contributed by atoms with E-state index < -0.39 is 0 Å². The normalized spacial score (nSPS) is 16.4. The van der Waals surface area contributed by atoms with Crippen molar-refractivity contribution < 1.29 is 4.79 Å². The van der Waals surface area contributed by atoms with Crippen molar-refractivity contribution in [1.29, 1.82) is 0 Å². The summed E-state index contributed by atoms with van der Waals surface area (Å²) in [5.41, 5.74) is 4.17. The van der Waals surface area contributed by atoms with Gasteiger partial charge in [-0.25, -0.2) is 0 Å². The Bertz CT molecular complexity index is 1030. The van der Waals surface area contributed by atoms with Crippen LogP contribution in [0.3, 0.4) is 0 Å². The Morgan fingerprint density at radius 2 is 1.72 bits per heavy atom. The van der Waals surface area contributed by atoms with E-state index >= 15 is 0 Å². The molecule has 1 fully saturated rings. The van der Waals surface area contributed by atoms with Crippen LogP contribution in [0.4, 0.5) is 5.69 Å². The Labute approximate surface area is 155 Å². The van der Waals surface area contributed by atoms with Crippen molar-refractivity contribution in [3.63, 3.8) is 0 Å². The van der Waals surface area contributed by atoms with Gasteiger partial charge in [-0.2, -0.15) is 0 Å². The van der Waals surface area contributed by atoms with Crippen LogP contribution < -0.4 is 4.90 Å². The Hall–Kier alpha value is -2.37. The Morgan fingerprint density at radius 1 is 1.04 bits per heavy atom. The predicted octanol–water partition coefficient (Wildman–Crippen LogP) is 4.89. The van der Waals surface area contributed by atoms with Gasteiger partial charge in [0.1, 0.15) is 0 Å². The minimum absolute atomic E-state index is 0.0615. The van der Waals surface area contributed by atoms with Gasteiger partial charge in [-0.1, -0.05) is 60.4 Å². The number of nitrogens with zero attached hydrogens (tertiary/aromatic N) is 2. The molecule has 4 rings (SSSR count). The molecule has 25 heavy (non-hydrogen) atoms. The van der Waals surface area contributed by atoms with E-state index in [0.29, 0.717) is 9.23 Å². The molecule has 0 aliphatic carbocycles. The van der Waals surface area contributed by atoms with Crippen LogP contribution in [-0.4, -0.2) is 14.8 Å². The van der Waals surface area contributed by atoms with Gasteiger partial charge in [0.2, 0.25) is 0 Å². The molecule has 0 N–H and O–H groups in total. The third-order valence-corrected chi connectivity index (χ3v) is 5.83. The van der Waals surface area contributed by atoms with Crippen molar-refractivity contribution >= 4 is 56.9 Å². The maximum atomic E-state index is 12.9. The lowest BCUT2D eigenvalue weighted by molar-refractivity contribution is -0.113. The summed E-state index contributed by atoms with van der Waals surface area (Å²) in [6.07, 6.45) is 1.97. The molecule has 0 unspecified atom stereocenters. The number of rotatable bonds is 2. The maximum absolute atomic E-state index is 12.9. The number of thioether (sulfide) groups is 1. The predicted molar refractivity (Wildman–Crippen MR) is 110 cm³/mol. The van der Waals surface area contributed by atoms with Gasteiger partial charge < -0.3 is 4.57 Å². The fraction of sp³-hybridized carbons (Fsp3) is 0.100. The summed E-state index contributed by atoms with van der Waals surface area (Å²) in [7, 11) is 2.05. The van der Waals surface area contributed by atoms with Crippen LogP contribution in [0.1, 0.15) is 11.3 Å². The number of hydrogen-bond donors (Lipinski definition) is 0. The first-order valence-electron chi connectivity index (χ1n) is 7.95. The highest BCUT2D eigenvalue weighted by molar-refractivity contribution is 8.27. The van der Waals surface area contributed by atoms with E-state index in [0.717, 1.165) is 27.8 Å². The molecule has 0 bridgehead atoms. The van der Waals surface area contributed by atoms with Gasteiger partial charge in [-0.05, 0) is 31.2 Å². The topological polar surface area (TPSA) is 25.2 Å². The zero-order chi connectivity index (χ0) is 17.6. The second-order valence-corrected chi connectivity index (χ2v) is 7.60. The lowest BCUT2D eigenvalue weighted by Gasteiger charge is -2.13. The highest BCUT2D eigenvalue weighted by Gasteiger charge is 2.33. The van der Waals surface area contributed by atoms with E-state index in [1.54, 1.807) is 4.90 Å². The number of benzene rings is 2. The molecule has 1 aliphatic heterocycles. The molecular weight excluding hydrogens is 348 g/mol. The van der Waals surface area contributed by atoms with Crippen LogP contribution >= 0.6 is 24.0 Å². The number of hydrogen-bond acceptors (Lipinski definition) is 3. The number of carbonyl (C=O) groups is 1. The van der Waals surface area contributed by atoms with Crippen molar-refractivity contribution in [1.82, 2.24) is 4.57 Å². The van der Waals surface area contributed by atoms with Crippen molar-refractivity contribution in [2.75, 3.05) is 4.90 Å². The van der Waals surface area contributed by atoms with Gasteiger partial charge in [0.25, 0.3) is 5.91 Å². The zero-order valence-electron chi connectivity index (χ0n) is 13.9. The Balaban J connectivity index is 1.80. The van der Waals surface area contributed by atoms with Gasteiger partial charge in [0.15, 0.2) is 4.32 Å². The first kappa shape index (κ1) is 16.1. The van der Waals surface area contributed by atoms with Crippen molar-refractivity contribution in [3.8, 4) is 0 Å². The smallest absolute Gasteiger partial charge is 0.270 e. The fourth-order valence-electron chi connectivity index (χ4n) is 3.13. The Morgan fingerprint density at radius 3 is 2.48 bits per heavy atom. The third kappa shape index (κ3) is 2.60. The molecule has 1 saturated heterocycles. The van der Waals surface area contributed by atoms with Crippen LogP contribution in [0.2, 0.25) is 0 Å². The van der Waals surface area contributed by atoms with Crippen LogP contribution in [-0.2, 0) is 11.8 Å². The molecule has 124 valence electrons. The number of aryl methyl sites for hydroxylation is 1.